The van der Waals surface area contributed by atoms with Gasteiger partial charge in [0.15, 0.2) is 0 Å². The molecule has 1 aliphatic carbocycles. The van der Waals surface area contributed by atoms with Crippen molar-refractivity contribution in [1.82, 2.24) is 0 Å². The third-order valence-corrected chi connectivity index (χ3v) is 6.38. The second-order valence-electron chi connectivity index (χ2n) is 7.48. The maximum absolute atomic E-state index is 2.54. The van der Waals surface area contributed by atoms with E-state index in [1.54, 1.807) is 0 Å². The molecule has 0 aromatic carbocycles. The van der Waals surface area contributed by atoms with E-state index in [1.165, 1.54) is 51.4 Å². The number of hydrogen-bond donors (Lipinski definition) is 0. The summed E-state index contributed by atoms with van der Waals surface area (Å²) in [4.78, 5) is 0. The Balaban J connectivity index is 2.58. The van der Waals surface area contributed by atoms with Crippen molar-refractivity contribution in [3.8, 4) is 0 Å². The van der Waals surface area contributed by atoms with Crippen LogP contribution in [0.25, 0.3) is 0 Å². The molecule has 1 saturated carbocycles. The van der Waals surface area contributed by atoms with Gasteiger partial charge >= 0.3 is 0 Å². The standard InChI is InChI=1S/C19H38/c1-7-10-11-17(6)19(12-13-19)18(9-3)14-16(5)15(4)8-2/h15-18H,7-14H2,1-6H3. The van der Waals surface area contributed by atoms with E-state index >= 15 is 0 Å². The smallest absolute Gasteiger partial charge is 0.0243 e. The Morgan fingerprint density at radius 1 is 0.895 bits per heavy atom. The molecule has 114 valence electrons. The molecule has 0 N–H and O–H groups in total. The summed E-state index contributed by atoms with van der Waals surface area (Å²) in [5.74, 6) is 3.76. The summed E-state index contributed by atoms with van der Waals surface area (Å²) in [5, 5.41) is 0. The van der Waals surface area contributed by atoms with E-state index in [1.807, 2.05) is 0 Å². The van der Waals surface area contributed by atoms with Crippen LogP contribution in [0, 0.1) is 29.1 Å². The highest BCUT2D eigenvalue weighted by Crippen LogP contribution is 2.61. The minimum absolute atomic E-state index is 0.742. The van der Waals surface area contributed by atoms with E-state index in [-0.39, 0.29) is 0 Å². The Morgan fingerprint density at radius 3 is 1.95 bits per heavy atom. The highest BCUT2D eigenvalue weighted by molar-refractivity contribution is 5.01. The van der Waals surface area contributed by atoms with Gasteiger partial charge in [-0.15, -0.1) is 0 Å². The van der Waals surface area contributed by atoms with Gasteiger partial charge in [0.05, 0.1) is 0 Å². The van der Waals surface area contributed by atoms with Gasteiger partial charge in [0.2, 0.25) is 0 Å². The van der Waals surface area contributed by atoms with Crippen LogP contribution in [-0.4, -0.2) is 0 Å². The summed E-state index contributed by atoms with van der Waals surface area (Å²) >= 11 is 0. The topological polar surface area (TPSA) is 0 Å². The lowest BCUT2D eigenvalue weighted by molar-refractivity contribution is 0.149. The van der Waals surface area contributed by atoms with Crippen molar-refractivity contribution in [1.29, 1.82) is 0 Å². The molecule has 0 radical (unpaired) electrons. The maximum Gasteiger partial charge on any atom is -0.0243 e. The van der Waals surface area contributed by atoms with Gasteiger partial charge in [-0.1, -0.05) is 73.6 Å². The Labute approximate surface area is 122 Å². The minimum atomic E-state index is 0.742. The molecule has 0 bridgehead atoms. The van der Waals surface area contributed by atoms with E-state index in [0.29, 0.717) is 0 Å². The molecular formula is C19H38. The molecule has 0 nitrogen and oxygen atoms in total. The highest BCUT2D eigenvalue weighted by Gasteiger charge is 2.51. The molecule has 0 spiro atoms. The van der Waals surface area contributed by atoms with Crippen LogP contribution in [0.2, 0.25) is 0 Å². The molecule has 19 heavy (non-hydrogen) atoms. The fourth-order valence-electron chi connectivity index (χ4n) is 4.14. The average Bonchev–Trinajstić information content (AvgIpc) is 3.22. The predicted molar refractivity (Wildman–Crippen MR) is 87.4 cm³/mol. The summed E-state index contributed by atoms with van der Waals surface area (Å²) in [6.07, 6.45) is 11.5. The summed E-state index contributed by atoms with van der Waals surface area (Å²) in [5.41, 5.74) is 0.742. The molecule has 4 atom stereocenters. The summed E-state index contributed by atoms with van der Waals surface area (Å²) in [6.45, 7) is 14.6. The molecule has 1 rings (SSSR count). The zero-order valence-corrected chi connectivity index (χ0v) is 14.5. The lowest BCUT2D eigenvalue weighted by Gasteiger charge is -2.35. The first-order valence-electron chi connectivity index (χ1n) is 9.01. The molecule has 0 saturated heterocycles. The summed E-state index contributed by atoms with van der Waals surface area (Å²) in [7, 11) is 0. The maximum atomic E-state index is 2.54. The van der Waals surface area contributed by atoms with Crippen LogP contribution in [0.15, 0.2) is 0 Å². The van der Waals surface area contributed by atoms with Crippen LogP contribution in [0.3, 0.4) is 0 Å². The van der Waals surface area contributed by atoms with Gasteiger partial charge in [-0.2, -0.15) is 0 Å². The van der Waals surface area contributed by atoms with Crippen LogP contribution in [0.5, 0.6) is 0 Å². The Morgan fingerprint density at radius 2 is 1.53 bits per heavy atom. The molecule has 0 heterocycles. The molecule has 1 aliphatic rings. The lowest BCUT2D eigenvalue weighted by Crippen LogP contribution is -2.26. The number of unbranched alkanes of at least 4 members (excludes halogenated alkanes) is 1. The molecule has 0 amide bonds. The number of rotatable bonds is 10. The number of hydrogen-bond acceptors (Lipinski definition) is 0. The van der Waals surface area contributed by atoms with Crippen molar-refractivity contribution in [2.45, 2.75) is 92.9 Å². The largest absolute Gasteiger partial charge is 0.0654 e. The van der Waals surface area contributed by atoms with E-state index in [2.05, 4.69) is 41.5 Å². The van der Waals surface area contributed by atoms with Crippen molar-refractivity contribution in [2.75, 3.05) is 0 Å². The fraction of sp³-hybridized carbons (Fsp3) is 1.00. The molecule has 0 heteroatoms. The van der Waals surface area contributed by atoms with Gasteiger partial charge in [-0.25, -0.2) is 0 Å². The SMILES string of the molecule is CCCCC(C)C1(C(CC)CC(C)C(C)CC)CC1. The van der Waals surface area contributed by atoms with Gasteiger partial charge in [-0.05, 0) is 48.3 Å². The molecular weight excluding hydrogens is 228 g/mol. The summed E-state index contributed by atoms with van der Waals surface area (Å²) < 4.78 is 0. The third kappa shape index (κ3) is 4.23. The zero-order chi connectivity index (χ0) is 14.5. The monoisotopic (exact) mass is 266 g/mol. The Hall–Kier alpha value is 0. The van der Waals surface area contributed by atoms with E-state index in [0.717, 1.165) is 29.1 Å². The van der Waals surface area contributed by atoms with E-state index in [9.17, 15) is 0 Å². The van der Waals surface area contributed by atoms with Crippen molar-refractivity contribution in [3.05, 3.63) is 0 Å². The Kier molecular flexibility index (Phi) is 6.91. The molecule has 4 unspecified atom stereocenters. The zero-order valence-electron chi connectivity index (χ0n) is 14.5. The van der Waals surface area contributed by atoms with Crippen LogP contribution >= 0.6 is 0 Å². The van der Waals surface area contributed by atoms with Gasteiger partial charge in [0.1, 0.15) is 0 Å². The van der Waals surface area contributed by atoms with Crippen molar-refractivity contribution >= 4 is 0 Å². The van der Waals surface area contributed by atoms with Crippen molar-refractivity contribution < 1.29 is 0 Å². The molecule has 0 aromatic rings. The predicted octanol–water partition coefficient (Wildman–Crippen LogP) is 6.69. The second-order valence-corrected chi connectivity index (χ2v) is 7.48. The van der Waals surface area contributed by atoms with Crippen LogP contribution in [-0.2, 0) is 0 Å². The lowest BCUT2D eigenvalue weighted by atomic mass is 9.70. The van der Waals surface area contributed by atoms with Gasteiger partial charge in [0, 0.05) is 0 Å². The Bertz CT molecular complexity index is 238. The van der Waals surface area contributed by atoms with Crippen molar-refractivity contribution in [3.63, 3.8) is 0 Å². The molecule has 0 aliphatic heterocycles. The third-order valence-electron chi connectivity index (χ3n) is 6.38. The van der Waals surface area contributed by atoms with Crippen molar-refractivity contribution in [2.24, 2.45) is 29.1 Å². The summed E-state index contributed by atoms with van der Waals surface area (Å²) in [6, 6.07) is 0. The minimum Gasteiger partial charge on any atom is -0.0654 e. The fourth-order valence-corrected chi connectivity index (χ4v) is 4.14. The highest BCUT2D eigenvalue weighted by atomic mass is 14.6. The van der Waals surface area contributed by atoms with Gasteiger partial charge in [-0.3, -0.25) is 0 Å². The molecule has 0 aromatic heterocycles. The van der Waals surface area contributed by atoms with E-state index in [4.69, 9.17) is 0 Å². The normalized spacial score (nSPS) is 23.7. The van der Waals surface area contributed by atoms with Crippen LogP contribution in [0.1, 0.15) is 92.9 Å². The van der Waals surface area contributed by atoms with Crippen LogP contribution in [0.4, 0.5) is 0 Å². The van der Waals surface area contributed by atoms with Gasteiger partial charge < -0.3 is 0 Å². The quantitative estimate of drug-likeness (QED) is 0.413. The second kappa shape index (κ2) is 7.70. The first-order chi connectivity index (χ1) is 9.01. The molecule has 1 fully saturated rings. The average molecular weight is 267 g/mol. The van der Waals surface area contributed by atoms with E-state index < -0.39 is 0 Å². The van der Waals surface area contributed by atoms with Crippen LogP contribution < -0.4 is 0 Å². The first kappa shape index (κ1) is 17.1. The van der Waals surface area contributed by atoms with Gasteiger partial charge in [0.25, 0.3) is 0 Å². The first-order valence-corrected chi connectivity index (χ1v) is 9.01.